The van der Waals surface area contributed by atoms with Gasteiger partial charge in [0.2, 0.25) is 0 Å². The van der Waals surface area contributed by atoms with Crippen molar-refractivity contribution in [3.8, 4) is 0 Å². The molecule has 0 bridgehead atoms. The molecule has 20 heavy (non-hydrogen) atoms. The van der Waals surface area contributed by atoms with E-state index in [9.17, 15) is 4.79 Å². The molecule has 0 fully saturated rings. The predicted octanol–water partition coefficient (Wildman–Crippen LogP) is 0.671. The minimum absolute atomic E-state index is 0.0139. The van der Waals surface area contributed by atoms with Gasteiger partial charge in [-0.3, -0.25) is 9.13 Å². The van der Waals surface area contributed by atoms with Gasteiger partial charge in [0.05, 0.1) is 13.2 Å². The Kier molecular flexibility index (Phi) is 3.08. The van der Waals surface area contributed by atoms with Gasteiger partial charge in [0.25, 0.3) is 0 Å². The van der Waals surface area contributed by atoms with Crippen LogP contribution in [0.3, 0.4) is 0 Å². The van der Waals surface area contributed by atoms with Gasteiger partial charge in [0.1, 0.15) is 0 Å². The van der Waals surface area contributed by atoms with Crippen LogP contribution < -0.4 is 5.69 Å². The van der Waals surface area contributed by atoms with E-state index >= 15 is 0 Å². The molecule has 3 aromatic rings. The second kappa shape index (κ2) is 4.90. The van der Waals surface area contributed by atoms with Crippen molar-refractivity contribution in [2.24, 2.45) is 7.05 Å². The maximum atomic E-state index is 12.2. The molecule has 0 saturated heterocycles. The molecule has 0 unspecified atom stereocenters. The normalized spacial score (nSPS) is 11.1. The third-order valence-electron chi connectivity index (χ3n) is 3.30. The highest BCUT2D eigenvalue weighted by molar-refractivity contribution is 5.65. The van der Waals surface area contributed by atoms with E-state index in [1.54, 1.807) is 24.0 Å². The standard InChI is InChI=1S/C14H14N4O2/c1-17-12-13(16-7-6-15-12)18(14(17)20)8-10-2-4-11(9-19)5-3-10/h2-7,19H,8-9H2,1H3. The topological polar surface area (TPSA) is 72.9 Å². The van der Waals surface area contributed by atoms with Gasteiger partial charge in [-0.1, -0.05) is 24.3 Å². The van der Waals surface area contributed by atoms with E-state index in [-0.39, 0.29) is 12.3 Å². The van der Waals surface area contributed by atoms with E-state index in [0.717, 1.165) is 11.1 Å². The molecule has 0 radical (unpaired) electrons. The van der Waals surface area contributed by atoms with Crippen molar-refractivity contribution in [3.05, 3.63) is 58.3 Å². The summed E-state index contributed by atoms with van der Waals surface area (Å²) in [5, 5.41) is 9.03. The Bertz CT molecular complexity index is 802. The van der Waals surface area contributed by atoms with E-state index in [1.807, 2.05) is 24.3 Å². The molecule has 0 aliphatic carbocycles. The zero-order valence-corrected chi connectivity index (χ0v) is 11.0. The fourth-order valence-corrected chi connectivity index (χ4v) is 2.19. The summed E-state index contributed by atoms with van der Waals surface area (Å²) in [6.07, 6.45) is 3.15. The van der Waals surface area contributed by atoms with E-state index in [2.05, 4.69) is 9.97 Å². The summed E-state index contributed by atoms with van der Waals surface area (Å²) < 4.78 is 3.08. The third-order valence-corrected chi connectivity index (χ3v) is 3.30. The minimum atomic E-state index is -0.141. The Morgan fingerprint density at radius 3 is 2.30 bits per heavy atom. The second-order valence-electron chi connectivity index (χ2n) is 4.61. The van der Waals surface area contributed by atoms with Gasteiger partial charge < -0.3 is 5.11 Å². The molecule has 3 rings (SSSR count). The summed E-state index contributed by atoms with van der Waals surface area (Å²) in [6.45, 7) is 0.445. The SMILES string of the molecule is Cn1c(=O)n(Cc2ccc(CO)cc2)c2nccnc21. The lowest BCUT2D eigenvalue weighted by molar-refractivity contribution is 0.282. The maximum Gasteiger partial charge on any atom is 0.331 e. The summed E-state index contributed by atoms with van der Waals surface area (Å²) >= 11 is 0. The highest BCUT2D eigenvalue weighted by Gasteiger charge is 2.12. The second-order valence-corrected chi connectivity index (χ2v) is 4.61. The monoisotopic (exact) mass is 270 g/mol. The number of rotatable bonds is 3. The molecule has 0 saturated carbocycles. The lowest BCUT2D eigenvalue weighted by atomic mass is 10.1. The first-order valence-corrected chi connectivity index (χ1v) is 6.25. The quantitative estimate of drug-likeness (QED) is 0.759. The smallest absolute Gasteiger partial charge is 0.331 e. The van der Waals surface area contributed by atoms with Crippen molar-refractivity contribution in [2.45, 2.75) is 13.2 Å². The Labute approximate surface area is 115 Å². The number of nitrogens with zero attached hydrogens (tertiary/aromatic N) is 4. The number of aliphatic hydroxyl groups is 1. The molecule has 2 aromatic heterocycles. The number of fused-ring (bicyclic) bond motifs is 1. The first kappa shape index (κ1) is 12.6. The summed E-state index contributed by atoms with van der Waals surface area (Å²) in [5.74, 6) is 0. The molecule has 6 nitrogen and oxygen atoms in total. The number of aliphatic hydroxyl groups excluding tert-OH is 1. The number of imidazole rings is 1. The van der Waals surface area contributed by atoms with Crippen molar-refractivity contribution < 1.29 is 5.11 Å². The number of hydrogen-bond acceptors (Lipinski definition) is 4. The van der Waals surface area contributed by atoms with Crippen molar-refractivity contribution in [1.82, 2.24) is 19.1 Å². The van der Waals surface area contributed by atoms with Crippen LogP contribution in [0, 0.1) is 0 Å². The van der Waals surface area contributed by atoms with E-state index in [0.29, 0.717) is 17.8 Å². The summed E-state index contributed by atoms with van der Waals surface area (Å²) in [5.41, 5.74) is 2.83. The largest absolute Gasteiger partial charge is 0.392 e. The molecular weight excluding hydrogens is 256 g/mol. The summed E-state index contributed by atoms with van der Waals surface area (Å²) in [6, 6.07) is 7.48. The fraction of sp³-hybridized carbons (Fsp3) is 0.214. The molecule has 102 valence electrons. The lowest BCUT2D eigenvalue weighted by Gasteiger charge is -2.03. The van der Waals surface area contributed by atoms with Gasteiger partial charge in [-0.2, -0.15) is 0 Å². The molecule has 1 aromatic carbocycles. The fourth-order valence-electron chi connectivity index (χ4n) is 2.19. The summed E-state index contributed by atoms with van der Waals surface area (Å²) in [7, 11) is 1.69. The molecule has 0 atom stereocenters. The van der Waals surface area contributed by atoms with Gasteiger partial charge in [-0.25, -0.2) is 14.8 Å². The van der Waals surface area contributed by atoms with Gasteiger partial charge in [0.15, 0.2) is 11.3 Å². The van der Waals surface area contributed by atoms with Gasteiger partial charge >= 0.3 is 5.69 Å². The first-order valence-electron chi connectivity index (χ1n) is 6.25. The first-order chi connectivity index (χ1) is 9.70. The van der Waals surface area contributed by atoms with Crippen LogP contribution in [0.25, 0.3) is 11.3 Å². The van der Waals surface area contributed by atoms with Gasteiger partial charge in [-0.05, 0) is 11.1 Å². The van der Waals surface area contributed by atoms with Gasteiger partial charge in [0, 0.05) is 19.4 Å². The van der Waals surface area contributed by atoms with Crippen molar-refractivity contribution in [1.29, 1.82) is 0 Å². The van der Waals surface area contributed by atoms with E-state index in [4.69, 9.17) is 5.11 Å². The Morgan fingerprint density at radius 2 is 1.65 bits per heavy atom. The lowest BCUT2D eigenvalue weighted by Crippen LogP contribution is -2.22. The van der Waals surface area contributed by atoms with Crippen LogP contribution in [-0.4, -0.2) is 24.2 Å². The number of hydrogen-bond donors (Lipinski definition) is 1. The minimum Gasteiger partial charge on any atom is -0.392 e. The Hall–Kier alpha value is -2.47. The average molecular weight is 270 g/mol. The zero-order chi connectivity index (χ0) is 14.1. The Morgan fingerprint density at radius 1 is 1.05 bits per heavy atom. The number of benzene rings is 1. The van der Waals surface area contributed by atoms with Gasteiger partial charge in [-0.15, -0.1) is 0 Å². The van der Waals surface area contributed by atoms with Crippen molar-refractivity contribution in [2.75, 3.05) is 0 Å². The molecule has 2 heterocycles. The highest BCUT2D eigenvalue weighted by atomic mass is 16.3. The van der Waals surface area contributed by atoms with Crippen LogP contribution in [0.5, 0.6) is 0 Å². The van der Waals surface area contributed by atoms with Crippen LogP contribution >= 0.6 is 0 Å². The molecule has 0 spiro atoms. The van der Waals surface area contributed by atoms with Crippen molar-refractivity contribution >= 4 is 11.3 Å². The number of aryl methyl sites for hydroxylation is 1. The predicted molar refractivity (Wildman–Crippen MR) is 74.2 cm³/mol. The van der Waals surface area contributed by atoms with Crippen LogP contribution in [0.4, 0.5) is 0 Å². The van der Waals surface area contributed by atoms with E-state index in [1.165, 1.54) is 4.57 Å². The van der Waals surface area contributed by atoms with E-state index < -0.39 is 0 Å². The molecule has 0 aliphatic heterocycles. The summed E-state index contributed by atoms with van der Waals surface area (Å²) in [4.78, 5) is 20.6. The molecule has 6 heteroatoms. The molecule has 1 N–H and O–H groups in total. The van der Waals surface area contributed by atoms with Crippen molar-refractivity contribution in [3.63, 3.8) is 0 Å². The van der Waals surface area contributed by atoms with Crippen LogP contribution in [0.2, 0.25) is 0 Å². The maximum absolute atomic E-state index is 12.2. The zero-order valence-electron chi connectivity index (χ0n) is 11.0. The Balaban J connectivity index is 2.06. The van der Waals surface area contributed by atoms with Crippen LogP contribution in [0.1, 0.15) is 11.1 Å². The molecule has 0 amide bonds. The molecular formula is C14H14N4O2. The third kappa shape index (κ3) is 2.00. The molecule has 0 aliphatic rings. The average Bonchev–Trinajstić information content (AvgIpc) is 2.74. The van der Waals surface area contributed by atoms with Crippen LogP contribution in [-0.2, 0) is 20.2 Å². The number of aromatic nitrogens is 4. The highest BCUT2D eigenvalue weighted by Crippen LogP contribution is 2.10. The van der Waals surface area contributed by atoms with Crippen LogP contribution in [0.15, 0.2) is 41.5 Å².